The summed E-state index contributed by atoms with van der Waals surface area (Å²) >= 11 is 0. The number of rotatable bonds is 1. The van der Waals surface area contributed by atoms with Crippen LogP contribution in [0, 0.1) is 0 Å². The Balaban J connectivity index is 2.54. The van der Waals surface area contributed by atoms with Gasteiger partial charge in [-0.25, -0.2) is 8.78 Å². The van der Waals surface area contributed by atoms with Gasteiger partial charge in [0, 0.05) is 0 Å². The van der Waals surface area contributed by atoms with Gasteiger partial charge in [-0.05, 0) is 6.92 Å². The van der Waals surface area contributed by atoms with E-state index < -0.39 is 12.8 Å². The van der Waals surface area contributed by atoms with Crippen LogP contribution in [0.1, 0.15) is 6.92 Å². The summed E-state index contributed by atoms with van der Waals surface area (Å²) in [6, 6.07) is 0. The minimum Gasteiger partial charge on any atom is -0.248 e. The van der Waals surface area contributed by atoms with Gasteiger partial charge in [-0.3, -0.25) is 0 Å². The first-order chi connectivity index (χ1) is 2.27. The minimum atomic E-state index is -1.28. The summed E-state index contributed by atoms with van der Waals surface area (Å²) in [4.78, 5) is 0. The molecule has 0 bridgehead atoms. The molecule has 0 amide bonds. The smallest absolute Gasteiger partial charge is 0.126 e. The van der Waals surface area contributed by atoms with Gasteiger partial charge in [-0.15, -0.1) is 0 Å². The number of halogens is 2. The van der Waals surface area contributed by atoms with Gasteiger partial charge < -0.3 is 0 Å². The first kappa shape index (κ1) is 4.86. The van der Waals surface area contributed by atoms with Gasteiger partial charge >= 0.3 is 0 Å². The molecule has 0 aliphatic heterocycles. The van der Waals surface area contributed by atoms with Crippen molar-refractivity contribution in [2.45, 2.75) is 13.1 Å². The fourth-order valence-corrected chi connectivity index (χ4v) is 0. The van der Waals surface area contributed by atoms with Gasteiger partial charge in [0.2, 0.25) is 0 Å². The average molecular weight is 80.1 g/mol. The molecule has 0 aromatic heterocycles. The molecule has 0 saturated heterocycles. The Morgan fingerprint density at radius 3 is 2.00 bits per heavy atom. The maximum Gasteiger partial charge on any atom is 0.126 e. The number of alkyl halides is 2. The maximum absolute atomic E-state index is 11.1. The first-order valence-corrected chi connectivity index (χ1v) is 1.47. The molecule has 2 heteroatoms. The molecule has 0 aliphatic carbocycles. The van der Waals surface area contributed by atoms with E-state index in [1.54, 1.807) is 0 Å². The van der Waals surface area contributed by atoms with Crippen LogP contribution in [0.2, 0.25) is 0 Å². The summed E-state index contributed by atoms with van der Waals surface area (Å²) < 4.78 is 21.8. The molecule has 0 fully saturated rings. The Morgan fingerprint density at radius 2 is 2.00 bits per heavy atom. The predicted molar refractivity (Wildman–Crippen MR) is 16.5 cm³/mol. The second-order valence-electron chi connectivity index (χ2n) is 0.935. The van der Waals surface area contributed by atoms with E-state index in [1.165, 1.54) is 6.92 Å². The largest absolute Gasteiger partial charge is 0.248 e. The van der Waals surface area contributed by atoms with Gasteiger partial charge in [0.1, 0.15) is 12.8 Å². The molecule has 0 aromatic rings. The van der Waals surface area contributed by atoms with Gasteiger partial charge in [-0.2, -0.15) is 0 Å². The van der Waals surface area contributed by atoms with Crippen LogP contribution >= 0.6 is 0 Å². The van der Waals surface area contributed by atoms with Crippen molar-refractivity contribution >= 4 is 0 Å². The molecule has 0 saturated carbocycles. The molecule has 0 aliphatic rings. The first-order valence-electron chi connectivity index (χ1n) is 1.47. The van der Waals surface area contributed by atoms with Crippen molar-refractivity contribution in [1.29, 1.82) is 0 Å². The van der Waals surface area contributed by atoms with Crippen molar-refractivity contribution in [3.8, 4) is 0 Å². The highest BCUT2D eigenvalue weighted by atomic mass is 19.2. The lowest BCUT2D eigenvalue weighted by Gasteiger charge is -1.83. The zero-order chi connectivity index (χ0) is 4.28. The van der Waals surface area contributed by atoms with E-state index in [1.807, 2.05) is 0 Å². The monoisotopic (exact) mass is 80.0 g/mol. The molecule has 5 heavy (non-hydrogen) atoms. The van der Waals surface area contributed by atoms with Gasteiger partial charge in [0.05, 0.1) is 0 Å². The average Bonchev–Trinajstić information content (AvgIpc) is 1.38. The molecule has 0 radical (unpaired) electrons. The quantitative estimate of drug-likeness (QED) is 0.445. The van der Waals surface area contributed by atoms with E-state index in [-0.39, 0.29) is 0 Å². The maximum atomic E-state index is 11.1. The molecule has 0 nitrogen and oxygen atoms in total. The van der Waals surface area contributed by atoms with Crippen LogP contribution in [0.5, 0.6) is 0 Å². The fraction of sp³-hybridized carbons (Fsp3) is 1.00. The highest BCUT2D eigenvalue weighted by Gasteiger charge is 1.89. The van der Waals surface area contributed by atoms with Crippen molar-refractivity contribution in [1.82, 2.24) is 0 Å². The summed E-state index contributed by atoms with van der Waals surface area (Å²) in [5.74, 6) is 0. The predicted octanol–water partition coefficient (Wildman–Crippen LogP) is 1.31. The highest BCUT2D eigenvalue weighted by molar-refractivity contribution is 4.35. The van der Waals surface area contributed by atoms with Crippen molar-refractivity contribution in [2.75, 3.05) is 6.67 Å². The van der Waals surface area contributed by atoms with Crippen molar-refractivity contribution in [2.24, 2.45) is 0 Å². The van der Waals surface area contributed by atoms with Crippen molar-refractivity contribution < 1.29 is 8.78 Å². The summed E-state index contributed by atoms with van der Waals surface area (Å²) in [6.45, 7) is 0.319. The number of hydrogen-bond acceptors (Lipinski definition) is 0. The molecule has 0 heterocycles. The Kier molecular flexibility index (Phi) is 2.06. The van der Waals surface area contributed by atoms with Gasteiger partial charge in [0.25, 0.3) is 0 Å². The van der Waals surface area contributed by atoms with E-state index in [9.17, 15) is 8.78 Å². The molecule has 0 aromatic carbocycles. The van der Waals surface area contributed by atoms with Crippen LogP contribution in [0.15, 0.2) is 0 Å². The molecule has 32 valence electrons. The second-order valence-corrected chi connectivity index (χ2v) is 0.935. The van der Waals surface area contributed by atoms with E-state index in [0.29, 0.717) is 0 Å². The molecule has 0 spiro atoms. The van der Waals surface area contributed by atoms with Crippen LogP contribution in [0.25, 0.3) is 0 Å². The molecule has 1 atom stereocenters. The molecular formula is C3H6F2. The second kappa shape index (κ2) is 2.12. The Hall–Kier alpha value is -0.140. The standard InChI is InChI=1S/C3H6F2/c1-3(5)2-4/h3H,2H2,1H3/t3-/m0/s1. The van der Waals surface area contributed by atoms with E-state index in [2.05, 4.69) is 0 Å². The fourth-order valence-electron chi connectivity index (χ4n) is 0. The van der Waals surface area contributed by atoms with Crippen LogP contribution in [-0.2, 0) is 0 Å². The Morgan fingerprint density at radius 1 is 1.80 bits per heavy atom. The third kappa shape index (κ3) is 3.86. The summed E-state index contributed by atoms with van der Waals surface area (Å²) in [5.41, 5.74) is 0. The molecule has 0 unspecified atom stereocenters. The van der Waals surface area contributed by atoms with E-state index in [0.717, 1.165) is 0 Å². The Labute approximate surface area is 29.8 Å². The zero-order valence-electron chi connectivity index (χ0n) is 3.04. The highest BCUT2D eigenvalue weighted by Crippen LogP contribution is 1.84. The van der Waals surface area contributed by atoms with Crippen molar-refractivity contribution in [3.63, 3.8) is 0 Å². The van der Waals surface area contributed by atoms with Crippen LogP contribution in [0.3, 0.4) is 0 Å². The SMILES string of the molecule is C[C@H](F)CF. The third-order valence-electron chi connectivity index (χ3n) is 0.213. The summed E-state index contributed by atoms with van der Waals surface area (Å²) in [5, 5.41) is 0. The zero-order valence-corrected chi connectivity index (χ0v) is 3.04. The van der Waals surface area contributed by atoms with E-state index in [4.69, 9.17) is 0 Å². The number of hydrogen-bond donors (Lipinski definition) is 0. The summed E-state index contributed by atoms with van der Waals surface area (Å²) in [6.07, 6.45) is -1.28. The lowest BCUT2D eigenvalue weighted by atomic mass is 10.5. The molecule has 0 N–H and O–H groups in total. The normalized spacial score (nSPS) is 15.0. The van der Waals surface area contributed by atoms with Crippen LogP contribution in [-0.4, -0.2) is 12.8 Å². The molecule has 0 rings (SSSR count). The summed E-state index contributed by atoms with van der Waals surface area (Å²) in [7, 11) is 0. The van der Waals surface area contributed by atoms with Crippen molar-refractivity contribution in [3.05, 3.63) is 0 Å². The molecular weight excluding hydrogens is 74.0 g/mol. The lowest BCUT2D eigenvalue weighted by molar-refractivity contribution is 0.281. The van der Waals surface area contributed by atoms with Crippen LogP contribution in [0.4, 0.5) is 8.78 Å². The van der Waals surface area contributed by atoms with Gasteiger partial charge in [-0.1, -0.05) is 0 Å². The van der Waals surface area contributed by atoms with Crippen LogP contribution < -0.4 is 0 Å². The topological polar surface area (TPSA) is 0 Å². The third-order valence-corrected chi connectivity index (χ3v) is 0.213. The van der Waals surface area contributed by atoms with Gasteiger partial charge in [0.15, 0.2) is 0 Å². The minimum absolute atomic E-state index is 0.861. The Bertz CT molecular complexity index is 18.9. The lowest BCUT2D eigenvalue weighted by Crippen LogP contribution is -1.91. The van der Waals surface area contributed by atoms with E-state index >= 15 is 0 Å².